The van der Waals surface area contributed by atoms with Crippen molar-refractivity contribution >= 4 is 38.7 Å². The lowest BCUT2D eigenvalue weighted by atomic mass is 10.4. The zero-order valence-electron chi connectivity index (χ0n) is 8.22. The molecule has 0 atom stereocenters. The van der Waals surface area contributed by atoms with Gasteiger partial charge in [0, 0.05) is 26.2 Å². The van der Waals surface area contributed by atoms with Gasteiger partial charge in [-0.05, 0) is 0 Å². The van der Waals surface area contributed by atoms with Gasteiger partial charge in [-0.15, -0.1) is 0 Å². The molecule has 1 saturated heterocycles. The summed E-state index contributed by atoms with van der Waals surface area (Å²) >= 11 is 0. The first kappa shape index (κ1) is 23.0. The van der Waals surface area contributed by atoms with Crippen LogP contribution in [0.3, 0.4) is 0 Å². The third-order valence-electron chi connectivity index (χ3n) is 0.957. The molecular formula is C4H18MgN2O8P2. The van der Waals surface area contributed by atoms with Crippen LogP contribution >= 0.6 is 15.6 Å². The predicted molar refractivity (Wildman–Crippen MR) is 62.8 cm³/mol. The van der Waals surface area contributed by atoms with E-state index in [9.17, 15) is 0 Å². The molecule has 0 aromatic rings. The maximum atomic E-state index is 8.88. The average molecular weight is 308 g/mol. The number of rotatable bonds is 0. The number of piperazine rings is 1. The molecule has 0 spiro atoms. The molecule has 0 aromatic heterocycles. The summed E-state index contributed by atoms with van der Waals surface area (Å²) in [7, 11) is -9.28. The molecule has 1 fully saturated rings. The van der Waals surface area contributed by atoms with E-state index in [1.807, 2.05) is 0 Å². The van der Waals surface area contributed by atoms with Crippen molar-refractivity contribution in [2.75, 3.05) is 26.2 Å². The highest BCUT2D eigenvalue weighted by Gasteiger charge is 2.00. The summed E-state index contributed by atoms with van der Waals surface area (Å²) in [6.45, 7) is 4.56. The van der Waals surface area contributed by atoms with Gasteiger partial charge in [0.05, 0.1) is 0 Å². The van der Waals surface area contributed by atoms with E-state index in [4.69, 9.17) is 38.5 Å². The fraction of sp³-hybridized carbons (Fsp3) is 1.00. The molecule has 1 aliphatic rings. The topological polar surface area (TPSA) is 180 Å². The molecule has 0 radical (unpaired) electrons. The summed E-state index contributed by atoms with van der Waals surface area (Å²) < 4.78 is 17.8. The first-order valence-electron chi connectivity index (χ1n) is 3.98. The Balaban J connectivity index is -0.000000170. The van der Waals surface area contributed by atoms with Crippen LogP contribution in [0.1, 0.15) is 0 Å². The van der Waals surface area contributed by atoms with Gasteiger partial charge in [0.25, 0.3) is 0 Å². The highest BCUT2D eigenvalue weighted by atomic mass is 31.2. The van der Waals surface area contributed by atoms with E-state index in [1.165, 1.54) is 0 Å². The molecular weight excluding hydrogens is 290 g/mol. The van der Waals surface area contributed by atoms with Crippen LogP contribution in [0.5, 0.6) is 0 Å². The van der Waals surface area contributed by atoms with Crippen molar-refractivity contribution in [2.24, 2.45) is 0 Å². The Morgan fingerprint density at radius 2 is 0.765 bits per heavy atom. The van der Waals surface area contributed by atoms with Crippen molar-refractivity contribution in [2.45, 2.75) is 0 Å². The highest BCUT2D eigenvalue weighted by Crippen LogP contribution is 2.26. The lowest BCUT2D eigenvalue weighted by molar-refractivity contribution is 0.272. The van der Waals surface area contributed by atoms with E-state index in [0.717, 1.165) is 26.2 Å². The normalized spacial score (nSPS) is 15.4. The molecule has 8 N–H and O–H groups in total. The largest absolute Gasteiger partial charge is 0.466 e. The van der Waals surface area contributed by atoms with Gasteiger partial charge >= 0.3 is 38.7 Å². The second-order valence-corrected chi connectivity index (χ2v) is 4.58. The minimum absolute atomic E-state index is 0. The quantitative estimate of drug-likeness (QED) is 0.164. The van der Waals surface area contributed by atoms with Crippen LogP contribution < -0.4 is 10.6 Å². The second-order valence-electron chi connectivity index (χ2n) is 2.53. The van der Waals surface area contributed by atoms with E-state index < -0.39 is 15.6 Å². The first-order chi connectivity index (χ1) is 7.00. The Kier molecular flexibility index (Phi) is 16.2. The molecule has 10 nitrogen and oxygen atoms in total. The zero-order chi connectivity index (χ0) is 13.2. The number of nitrogens with one attached hydrogen (secondary N) is 2. The van der Waals surface area contributed by atoms with E-state index >= 15 is 0 Å². The monoisotopic (exact) mass is 308 g/mol. The molecule has 0 amide bonds. The van der Waals surface area contributed by atoms with Gasteiger partial charge in [0.2, 0.25) is 0 Å². The minimum Gasteiger partial charge on any atom is -0.314 e. The maximum Gasteiger partial charge on any atom is 0.466 e. The molecule has 0 unspecified atom stereocenters. The molecule has 0 aliphatic carbocycles. The summed E-state index contributed by atoms with van der Waals surface area (Å²) in [4.78, 5) is 43.1. The summed E-state index contributed by atoms with van der Waals surface area (Å²) in [5, 5.41) is 6.44. The Morgan fingerprint density at radius 1 is 0.647 bits per heavy atom. The highest BCUT2D eigenvalue weighted by molar-refractivity contribution is 7.45. The van der Waals surface area contributed by atoms with Gasteiger partial charge in [-0.2, -0.15) is 0 Å². The predicted octanol–water partition coefficient (Wildman–Crippen LogP) is -3.59. The van der Waals surface area contributed by atoms with Crippen molar-refractivity contribution in [1.29, 1.82) is 0 Å². The van der Waals surface area contributed by atoms with Crippen molar-refractivity contribution in [3.63, 3.8) is 0 Å². The summed E-state index contributed by atoms with van der Waals surface area (Å²) in [5.41, 5.74) is 0. The van der Waals surface area contributed by atoms with Crippen molar-refractivity contribution in [3.8, 4) is 0 Å². The van der Waals surface area contributed by atoms with Crippen LogP contribution in [-0.4, -0.2) is 78.6 Å². The summed E-state index contributed by atoms with van der Waals surface area (Å²) in [5.74, 6) is 0. The number of hydrogen-bond acceptors (Lipinski definition) is 4. The van der Waals surface area contributed by atoms with Crippen LogP contribution in [0.15, 0.2) is 0 Å². The van der Waals surface area contributed by atoms with Gasteiger partial charge in [-0.1, -0.05) is 0 Å². The Hall–Kier alpha value is 0.906. The molecule has 17 heavy (non-hydrogen) atoms. The van der Waals surface area contributed by atoms with Gasteiger partial charge in [0.15, 0.2) is 0 Å². The van der Waals surface area contributed by atoms with Crippen LogP contribution in [0, 0.1) is 0 Å². The maximum absolute atomic E-state index is 8.88. The molecule has 13 heteroatoms. The lowest BCUT2D eigenvalue weighted by Crippen LogP contribution is -2.39. The van der Waals surface area contributed by atoms with Gasteiger partial charge in [0.1, 0.15) is 0 Å². The van der Waals surface area contributed by atoms with Gasteiger partial charge < -0.3 is 40.0 Å². The zero-order valence-corrected chi connectivity index (χ0v) is 10.0. The Bertz CT molecular complexity index is 202. The van der Waals surface area contributed by atoms with Crippen LogP contribution in [0.4, 0.5) is 0 Å². The molecule has 1 aliphatic heterocycles. The first-order valence-corrected chi connectivity index (χ1v) is 7.11. The lowest BCUT2D eigenvalue weighted by Gasteiger charge is -2.11. The molecule has 1 heterocycles. The minimum atomic E-state index is -4.64. The van der Waals surface area contributed by atoms with E-state index in [0.29, 0.717) is 0 Å². The fourth-order valence-corrected chi connectivity index (χ4v) is 0.604. The summed E-state index contributed by atoms with van der Waals surface area (Å²) in [6.07, 6.45) is 0. The molecule has 0 aromatic carbocycles. The van der Waals surface area contributed by atoms with Crippen LogP contribution in [-0.2, 0) is 9.13 Å². The third kappa shape index (κ3) is 78.8. The van der Waals surface area contributed by atoms with Crippen molar-refractivity contribution in [1.82, 2.24) is 10.6 Å². The fourth-order valence-electron chi connectivity index (χ4n) is 0.604. The molecule has 0 bridgehead atoms. The number of hydrogen-bond donors (Lipinski definition) is 8. The standard InChI is InChI=1S/C4H10N2.Mg.2H3O4P.2H/c1-2-6-4-3-5-1;;2*1-5(2,3)4;;/h5-6H,1-4H2;;2*(H3,1,2,3,4);;. The third-order valence-corrected chi connectivity index (χ3v) is 0.957. The van der Waals surface area contributed by atoms with Crippen molar-refractivity contribution in [3.05, 3.63) is 0 Å². The van der Waals surface area contributed by atoms with E-state index in [1.54, 1.807) is 0 Å². The van der Waals surface area contributed by atoms with E-state index in [2.05, 4.69) is 10.6 Å². The SMILES string of the molecule is C1CNCCN1.O=P(O)(O)O.O=P(O)(O)O.[MgH2]. The number of phosphoric acid groups is 2. The van der Waals surface area contributed by atoms with Crippen molar-refractivity contribution < 1.29 is 38.5 Å². The van der Waals surface area contributed by atoms with Gasteiger partial charge in [-0.25, -0.2) is 9.13 Å². The summed E-state index contributed by atoms with van der Waals surface area (Å²) in [6, 6.07) is 0. The molecule has 0 saturated carbocycles. The van der Waals surface area contributed by atoms with Gasteiger partial charge in [-0.3, -0.25) is 0 Å². The Labute approximate surface area is 114 Å². The molecule has 104 valence electrons. The molecule has 1 rings (SSSR count). The Morgan fingerprint density at radius 3 is 0.824 bits per heavy atom. The van der Waals surface area contributed by atoms with Crippen LogP contribution in [0.2, 0.25) is 0 Å². The smallest absolute Gasteiger partial charge is 0.314 e. The second kappa shape index (κ2) is 12.0. The van der Waals surface area contributed by atoms with E-state index in [-0.39, 0.29) is 23.1 Å². The average Bonchev–Trinajstić information content (AvgIpc) is 2.01. The van der Waals surface area contributed by atoms with Crippen LogP contribution in [0.25, 0.3) is 0 Å².